The van der Waals surface area contributed by atoms with E-state index >= 15 is 0 Å². The zero-order chi connectivity index (χ0) is 18.4. The van der Waals surface area contributed by atoms with Crippen molar-refractivity contribution in [1.82, 2.24) is 5.32 Å². The number of carbonyl (C=O) groups excluding carboxylic acids is 3. The van der Waals surface area contributed by atoms with E-state index in [9.17, 15) is 18.8 Å². The molecule has 0 spiro atoms. The smallest absolute Gasteiger partial charge is 0.411 e. The number of aliphatic imine (C=N–C) groups is 1. The molecule has 1 aromatic carbocycles. The molecule has 0 fully saturated rings. The van der Waals surface area contributed by atoms with Gasteiger partial charge < -0.3 is 4.74 Å². The van der Waals surface area contributed by atoms with Crippen LogP contribution >= 0.6 is 0 Å². The van der Waals surface area contributed by atoms with Crippen molar-refractivity contribution < 1.29 is 23.5 Å². The highest BCUT2D eigenvalue weighted by molar-refractivity contribution is 6.27. The van der Waals surface area contributed by atoms with E-state index in [1.165, 1.54) is 17.0 Å². The number of ketones is 1. The highest BCUT2D eigenvalue weighted by Crippen LogP contribution is 2.38. The Morgan fingerprint density at radius 1 is 1.38 bits per heavy atom. The number of nitrogens with one attached hydrogen (secondary N) is 1. The highest BCUT2D eigenvalue weighted by atomic mass is 19.1. The summed E-state index contributed by atoms with van der Waals surface area (Å²) in [6.45, 7) is 1.86. The maximum atomic E-state index is 13.5. The molecule has 1 aliphatic carbocycles. The lowest BCUT2D eigenvalue weighted by atomic mass is 9.91. The standard InChI is InChI=1S/C18H14FN3O4/c1-2-26-18(25)21-12-5-3-4-11-14(12)17(24)22-13-7-6-9(19)8-10(13)15(23)16(22)20-11/h3-8,14,16H,2H2,1H3,(H,21,25). The molecule has 1 N–H and O–H groups in total. The SMILES string of the molecule is CCOC(=O)NC1=CC=CC2=NC3C(=O)c4cc(F)ccc4N3C(=O)C12. The molecule has 3 aliphatic rings. The number of benzene rings is 1. The molecule has 1 aromatic rings. The molecule has 0 aromatic heterocycles. The van der Waals surface area contributed by atoms with Gasteiger partial charge in [0.15, 0.2) is 6.17 Å². The second-order valence-corrected chi connectivity index (χ2v) is 5.92. The fourth-order valence-corrected chi connectivity index (χ4v) is 3.32. The van der Waals surface area contributed by atoms with Crippen LogP contribution < -0.4 is 10.2 Å². The fourth-order valence-electron chi connectivity index (χ4n) is 3.32. The van der Waals surface area contributed by atoms with E-state index in [0.29, 0.717) is 17.1 Å². The zero-order valence-corrected chi connectivity index (χ0v) is 13.7. The topological polar surface area (TPSA) is 88.1 Å². The first-order valence-corrected chi connectivity index (χ1v) is 8.08. The van der Waals surface area contributed by atoms with Crippen LogP contribution in [0.2, 0.25) is 0 Å². The number of Topliss-reactive ketones (excluding diaryl/α,β-unsaturated/α-hetero) is 1. The third-order valence-electron chi connectivity index (χ3n) is 4.39. The van der Waals surface area contributed by atoms with Gasteiger partial charge in [-0.25, -0.2) is 9.18 Å². The lowest BCUT2D eigenvalue weighted by Crippen LogP contribution is -2.52. The summed E-state index contributed by atoms with van der Waals surface area (Å²) in [7, 11) is 0. The summed E-state index contributed by atoms with van der Waals surface area (Å²) in [5.41, 5.74) is 1.13. The van der Waals surface area contributed by atoms with E-state index in [2.05, 4.69) is 10.3 Å². The van der Waals surface area contributed by atoms with Crippen molar-refractivity contribution in [2.45, 2.75) is 13.1 Å². The molecule has 2 unspecified atom stereocenters. The molecule has 8 heteroatoms. The second kappa shape index (κ2) is 5.91. The van der Waals surface area contributed by atoms with Crippen LogP contribution in [0.4, 0.5) is 14.9 Å². The molecule has 2 amide bonds. The van der Waals surface area contributed by atoms with Gasteiger partial charge in [-0.15, -0.1) is 0 Å². The Hall–Kier alpha value is -3.29. The first kappa shape index (κ1) is 16.2. The first-order valence-electron chi connectivity index (χ1n) is 8.08. The molecular formula is C18H14FN3O4. The molecule has 2 heterocycles. The zero-order valence-electron chi connectivity index (χ0n) is 13.7. The predicted octanol–water partition coefficient (Wildman–Crippen LogP) is 1.95. The van der Waals surface area contributed by atoms with Crippen molar-refractivity contribution in [3.63, 3.8) is 0 Å². The molecule has 132 valence electrons. The second-order valence-electron chi connectivity index (χ2n) is 5.92. The molecule has 2 aliphatic heterocycles. The Morgan fingerprint density at radius 3 is 2.96 bits per heavy atom. The minimum Gasteiger partial charge on any atom is -0.450 e. The summed E-state index contributed by atoms with van der Waals surface area (Å²) in [6, 6.07) is 3.69. The number of rotatable bonds is 2. The van der Waals surface area contributed by atoms with Crippen molar-refractivity contribution in [2.24, 2.45) is 10.9 Å². The number of nitrogens with zero attached hydrogens (tertiary/aromatic N) is 2. The largest absolute Gasteiger partial charge is 0.450 e. The van der Waals surface area contributed by atoms with Crippen LogP contribution in [0.5, 0.6) is 0 Å². The maximum absolute atomic E-state index is 13.5. The van der Waals surface area contributed by atoms with Crippen molar-refractivity contribution in [1.29, 1.82) is 0 Å². The van der Waals surface area contributed by atoms with E-state index in [-0.39, 0.29) is 12.2 Å². The van der Waals surface area contributed by atoms with Crippen molar-refractivity contribution >= 4 is 29.2 Å². The number of fused-ring (bicyclic) bond motifs is 4. The minimum absolute atomic E-state index is 0.124. The molecule has 0 saturated heterocycles. The number of amides is 2. The molecular weight excluding hydrogens is 341 g/mol. The fraction of sp³-hybridized carbons (Fsp3) is 0.222. The quantitative estimate of drug-likeness (QED) is 0.878. The summed E-state index contributed by atoms with van der Waals surface area (Å²) >= 11 is 0. The summed E-state index contributed by atoms with van der Waals surface area (Å²) in [5.74, 6) is -2.25. The minimum atomic E-state index is -1.04. The molecule has 0 radical (unpaired) electrons. The van der Waals surface area contributed by atoms with Crippen molar-refractivity contribution in [3.8, 4) is 0 Å². The van der Waals surface area contributed by atoms with Gasteiger partial charge in [0.2, 0.25) is 11.7 Å². The summed E-state index contributed by atoms with van der Waals surface area (Å²) in [6.07, 6.45) is 3.11. The van der Waals surface area contributed by atoms with E-state index in [4.69, 9.17) is 4.74 Å². The van der Waals surface area contributed by atoms with Gasteiger partial charge in [0.25, 0.3) is 0 Å². The number of anilines is 1. The number of allylic oxidation sites excluding steroid dienone is 3. The van der Waals surface area contributed by atoms with Crippen LogP contribution in [0.25, 0.3) is 0 Å². The molecule has 0 saturated carbocycles. The van der Waals surface area contributed by atoms with E-state index < -0.39 is 35.7 Å². The van der Waals surface area contributed by atoms with Crippen LogP contribution in [0.15, 0.2) is 47.1 Å². The maximum Gasteiger partial charge on any atom is 0.411 e. The number of hydrogen-bond acceptors (Lipinski definition) is 5. The summed E-state index contributed by atoms with van der Waals surface area (Å²) in [5, 5.41) is 2.55. The lowest BCUT2D eigenvalue weighted by molar-refractivity contribution is -0.120. The average molecular weight is 355 g/mol. The number of halogens is 1. The van der Waals surface area contributed by atoms with E-state index in [0.717, 1.165) is 6.07 Å². The number of alkyl carbamates (subject to hydrolysis) is 1. The monoisotopic (exact) mass is 355 g/mol. The van der Waals surface area contributed by atoms with Gasteiger partial charge in [-0.1, -0.05) is 6.08 Å². The lowest BCUT2D eigenvalue weighted by Gasteiger charge is -2.34. The third kappa shape index (κ3) is 2.33. The Morgan fingerprint density at radius 2 is 2.19 bits per heavy atom. The third-order valence-corrected chi connectivity index (χ3v) is 4.39. The highest BCUT2D eigenvalue weighted by Gasteiger charge is 2.48. The van der Waals surface area contributed by atoms with Gasteiger partial charge in [0, 0.05) is 11.3 Å². The van der Waals surface area contributed by atoms with Crippen LogP contribution in [0.1, 0.15) is 17.3 Å². The van der Waals surface area contributed by atoms with Gasteiger partial charge in [-0.05, 0) is 37.3 Å². The van der Waals surface area contributed by atoms with Gasteiger partial charge in [0.05, 0.1) is 18.0 Å². The van der Waals surface area contributed by atoms with Crippen LogP contribution in [0.3, 0.4) is 0 Å². The van der Waals surface area contributed by atoms with Gasteiger partial charge in [-0.2, -0.15) is 0 Å². The van der Waals surface area contributed by atoms with Crippen molar-refractivity contribution in [3.05, 3.63) is 53.5 Å². The van der Waals surface area contributed by atoms with Crippen LogP contribution in [-0.2, 0) is 9.53 Å². The first-order chi connectivity index (χ1) is 12.5. The summed E-state index contributed by atoms with van der Waals surface area (Å²) < 4.78 is 18.4. The van der Waals surface area contributed by atoms with Crippen LogP contribution in [0, 0.1) is 11.7 Å². The molecule has 0 bridgehead atoms. The molecule has 26 heavy (non-hydrogen) atoms. The number of ether oxygens (including phenoxy) is 1. The Labute approximate surface area is 147 Å². The Bertz CT molecular complexity index is 934. The molecule has 4 rings (SSSR count). The van der Waals surface area contributed by atoms with Gasteiger partial charge >= 0.3 is 6.09 Å². The number of carbonyl (C=O) groups is 3. The van der Waals surface area contributed by atoms with Gasteiger partial charge in [0.1, 0.15) is 11.7 Å². The molecule has 7 nitrogen and oxygen atoms in total. The molecule has 2 atom stereocenters. The van der Waals surface area contributed by atoms with E-state index in [1.54, 1.807) is 25.2 Å². The Kier molecular flexibility index (Phi) is 3.68. The average Bonchev–Trinajstić information content (AvgIpc) is 2.88. The predicted molar refractivity (Wildman–Crippen MR) is 90.3 cm³/mol. The Balaban J connectivity index is 1.74. The summed E-state index contributed by atoms with van der Waals surface area (Å²) in [4.78, 5) is 43.0. The number of hydrogen-bond donors (Lipinski definition) is 1. The van der Waals surface area contributed by atoms with Gasteiger partial charge in [-0.3, -0.25) is 24.8 Å². The normalized spacial score (nSPS) is 22.9. The van der Waals surface area contributed by atoms with E-state index in [1.807, 2.05) is 0 Å². The van der Waals surface area contributed by atoms with Crippen molar-refractivity contribution in [2.75, 3.05) is 11.5 Å². The van der Waals surface area contributed by atoms with Crippen LogP contribution in [-0.4, -0.2) is 36.3 Å².